The topological polar surface area (TPSA) is 71.2 Å². The van der Waals surface area contributed by atoms with Crippen LogP contribution in [0.1, 0.15) is 26.2 Å². The molecule has 1 unspecified atom stereocenters. The molecule has 2 heterocycles. The standard InChI is InChI=1S/C11H18N4O2/c1-11(17)3-2-6-14(7-4-11)10(16)9-15-8-5-12-13-15/h5,8,17H,2-4,6-7,9H2,1H3. The molecule has 1 aromatic heterocycles. The minimum absolute atomic E-state index is 0.0354. The van der Waals surface area contributed by atoms with E-state index < -0.39 is 5.60 Å². The van der Waals surface area contributed by atoms with Crippen LogP contribution >= 0.6 is 0 Å². The van der Waals surface area contributed by atoms with Crippen molar-refractivity contribution in [3.05, 3.63) is 12.4 Å². The van der Waals surface area contributed by atoms with Crippen LogP contribution in [0.2, 0.25) is 0 Å². The Kier molecular flexibility index (Phi) is 3.42. The predicted molar refractivity (Wildman–Crippen MR) is 61.1 cm³/mol. The van der Waals surface area contributed by atoms with Crippen LogP contribution in [-0.4, -0.2) is 49.6 Å². The van der Waals surface area contributed by atoms with E-state index in [4.69, 9.17) is 0 Å². The van der Waals surface area contributed by atoms with E-state index >= 15 is 0 Å². The Morgan fingerprint density at radius 1 is 1.47 bits per heavy atom. The monoisotopic (exact) mass is 238 g/mol. The van der Waals surface area contributed by atoms with Crippen molar-refractivity contribution in [3.63, 3.8) is 0 Å². The van der Waals surface area contributed by atoms with Gasteiger partial charge in [-0.2, -0.15) is 0 Å². The van der Waals surface area contributed by atoms with Gasteiger partial charge in [-0.15, -0.1) is 5.10 Å². The van der Waals surface area contributed by atoms with E-state index in [1.54, 1.807) is 17.3 Å². The first-order valence-electron chi connectivity index (χ1n) is 5.91. The van der Waals surface area contributed by atoms with Crippen molar-refractivity contribution < 1.29 is 9.90 Å². The molecule has 2 rings (SSSR count). The first kappa shape index (κ1) is 12.0. The number of aromatic nitrogens is 3. The van der Waals surface area contributed by atoms with Crippen LogP contribution in [0.3, 0.4) is 0 Å². The van der Waals surface area contributed by atoms with Crippen molar-refractivity contribution in [2.24, 2.45) is 0 Å². The maximum Gasteiger partial charge on any atom is 0.244 e. The van der Waals surface area contributed by atoms with E-state index in [9.17, 15) is 9.90 Å². The molecular weight excluding hydrogens is 220 g/mol. The summed E-state index contributed by atoms with van der Waals surface area (Å²) in [7, 11) is 0. The summed E-state index contributed by atoms with van der Waals surface area (Å²) < 4.78 is 1.52. The minimum atomic E-state index is -0.637. The first-order chi connectivity index (χ1) is 8.07. The van der Waals surface area contributed by atoms with E-state index in [-0.39, 0.29) is 12.5 Å². The van der Waals surface area contributed by atoms with Crippen molar-refractivity contribution in [2.45, 2.75) is 38.3 Å². The molecule has 1 aliphatic rings. The van der Waals surface area contributed by atoms with Crippen LogP contribution in [0.4, 0.5) is 0 Å². The molecule has 6 nitrogen and oxygen atoms in total. The molecule has 1 N–H and O–H groups in total. The molecule has 1 aromatic rings. The molecule has 0 aromatic carbocycles. The summed E-state index contributed by atoms with van der Waals surface area (Å²) in [5.41, 5.74) is -0.637. The summed E-state index contributed by atoms with van der Waals surface area (Å²) in [5.74, 6) is 0.0354. The first-order valence-corrected chi connectivity index (χ1v) is 5.91. The van der Waals surface area contributed by atoms with Gasteiger partial charge in [-0.25, -0.2) is 4.68 Å². The molecule has 17 heavy (non-hydrogen) atoms. The van der Waals surface area contributed by atoms with Crippen molar-refractivity contribution >= 4 is 5.91 Å². The zero-order valence-corrected chi connectivity index (χ0v) is 10.0. The average Bonchev–Trinajstić information content (AvgIpc) is 2.68. The van der Waals surface area contributed by atoms with Gasteiger partial charge in [0.1, 0.15) is 6.54 Å². The Morgan fingerprint density at radius 2 is 2.29 bits per heavy atom. The molecule has 0 saturated carbocycles. The second kappa shape index (κ2) is 4.83. The highest BCUT2D eigenvalue weighted by Crippen LogP contribution is 2.21. The normalized spacial score (nSPS) is 25.6. The summed E-state index contributed by atoms with van der Waals surface area (Å²) in [5, 5.41) is 17.4. The van der Waals surface area contributed by atoms with Crippen LogP contribution in [0, 0.1) is 0 Å². The molecule has 6 heteroatoms. The number of hydrogen-bond acceptors (Lipinski definition) is 4. The highest BCUT2D eigenvalue weighted by molar-refractivity contribution is 5.75. The second-order valence-electron chi connectivity index (χ2n) is 4.83. The summed E-state index contributed by atoms with van der Waals surface area (Å²) in [4.78, 5) is 13.8. The number of nitrogens with zero attached hydrogens (tertiary/aromatic N) is 4. The van der Waals surface area contributed by atoms with E-state index in [0.29, 0.717) is 19.5 Å². The Hall–Kier alpha value is -1.43. The fourth-order valence-electron chi connectivity index (χ4n) is 2.07. The van der Waals surface area contributed by atoms with Gasteiger partial charge in [0.2, 0.25) is 5.91 Å². The summed E-state index contributed by atoms with van der Waals surface area (Å²) >= 11 is 0. The Labute approximate surface area is 100 Å². The summed E-state index contributed by atoms with van der Waals surface area (Å²) in [6.45, 7) is 3.38. The van der Waals surface area contributed by atoms with Crippen LogP contribution in [0.25, 0.3) is 0 Å². The zero-order chi connectivity index (χ0) is 12.3. The van der Waals surface area contributed by atoms with Crippen molar-refractivity contribution in [1.82, 2.24) is 19.9 Å². The lowest BCUT2D eigenvalue weighted by Gasteiger charge is -2.22. The fourth-order valence-corrected chi connectivity index (χ4v) is 2.07. The lowest BCUT2D eigenvalue weighted by atomic mass is 9.98. The van der Waals surface area contributed by atoms with E-state index in [2.05, 4.69) is 10.3 Å². The molecule has 1 amide bonds. The molecule has 0 spiro atoms. The molecule has 0 aliphatic carbocycles. The van der Waals surface area contributed by atoms with E-state index in [1.807, 2.05) is 6.92 Å². The number of rotatable bonds is 2. The highest BCUT2D eigenvalue weighted by Gasteiger charge is 2.26. The molecule has 1 aliphatic heterocycles. The third-order valence-corrected chi connectivity index (χ3v) is 3.19. The van der Waals surface area contributed by atoms with Gasteiger partial charge >= 0.3 is 0 Å². The molecular formula is C11H18N4O2. The van der Waals surface area contributed by atoms with Gasteiger partial charge in [0.15, 0.2) is 0 Å². The van der Waals surface area contributed by atoms with Gasteiger partial charge in [-0.05, 0) is 26.2 Å². The number of amides is 1. The average molecular weight is 238 g/mol. The zero-order valence-electron chi connectivity index (χ0n) is 10.0. The van der Waals surface area contributed by atoms with Crippen molar-refractivity contribution in [2.75, 3.05) is 13.1 Å². The Morgan fingerprint density at radius 3 is 3.00 bits per heavy atom. The number of likely N-dealkylation sites (tertiary alicyclic amines) is 1. The maximum atomic E-state index is 12.0. The minimum Gasteiger partial charge on any atom is -0.390 e. The lowest BCUT2D eigenvalue weighted by Crippen LogP contribution is -2.35. The quantitative estimate of drug-likeness (QED) is 0.789. The molecule has 1 fully saturated rings. The van der Waals surface area contributed by atoms with E-state index in [1.165, 1.54) is 4.68 Å². The molecule has 94 valence electrons. The summed E-state index contributed by atoms with van der Waals surface area (Å²) in [6.07, 6.45) is 5.46. The maximum absolute atomic E-state index is 12.0. The fraction of sp³-hybridized carbons (Fsp3) is 0.727. The largest absolute Gasteiger partial charge is 0.390 e. The lowest BCUT2D eigenvalue weighted by molar-refractivity contribution is -0.132. The van der Waals surface area contributed by atoms with Gasteiger partial charge in [0.25, 0.3) is 0 Å². The van der Waals surface area contributed by atoms with Crippen LogP contribution < -0.4 is 0 Å². The van der Waals surface area contributed by atoms with Crippen molar-refractivity contribution in [3.8, 4) is 0 Å². The third kappa shape index (κ3) is 3.26. The van der Waals surface area contributed by atoms with Crippen LogP contribution in [0.15, 0.2) is 12.4 Å². The van der Waals surface area contributed by atoms with Gasteiger partial charge in [-0.3, -0.25) is 4.79 Å². The second-order valence-corrected chi connectivity index (χ2v) is 4.83. The number of hydrogen-bond donors (Lipinski definition) is 1. The van der Waals surface area contributed by atoms with Crippen molar-refractivity contribution in [1.29, 1.82) is 0 Å². The van der Waals surface area contributed by atoms with Gasteiger partial charge in [0.05, 0.1) is 11.8 Å². The predicted octanol–water partition coefficient (Wildman–Crippen LogP) is 0.0416. The number of carbonyl (C=O) groups is 1. The van der Waals surface area contributed by atoms with E-state index in [0.717, 1.165) is 12.8 Å². The van der Waals surface area contributed by atoms with Crippen LogP contribution in [-0.2, 0) is 11.3 Å². The van der Waals surface area contributed by atoms with Gasteiger partial charge < -0.3 is 10.0 Å². The smallest absolute Gasteiger partial charge is 0.244 e. The Balaban J connectivity index is 1.91. The van der Waals surface area contributed by atoms with Crippen LogP contribution in [0.5, 0.6) is 0 Å². The van der Waals surface area contributed by atoms with Gasteiger partial charge in [-0.1, -0.05) is 5.21 Å². The molecule has 1 saturated heterocycles. The SMILES string of the molecule is CC1(O)CCCN(C(=O)Cn2ccnn2)CC1. The number of aliphatic hydroxyl groups is 1. The molecule has 0 bridgehead atoms. The Bertz CT molecular complexity index is 375. The molecule has 1 atom stereocenters. The molecule has 0 radical (unpaired) electrons. The summed E-state index contributed by atoms with van der Waals surface area (Å²) in [6, 6.07) is 0. The van der Waals surface area contributed by atoms with Gasteiger partial charge in [0, 0.05) is 19.3 Å². The number of carbonyl (C=O) groups excluding carboxylic acids is 1. The third-order valence-electron chi connectivity index (χ3n) is 3.19. The highest BCUT2D eigenvalue weighted by atomic mass is 16.3.